The molecule has 0 spiro atoms. The number of hydrogen-bond acceptors (Lipinski definition) is 3. The second kappa shape index (κ2) is 10.6. The van der Waals surface area contributed by atoms with E-state index in [1.165, 1.54) is 48.2 Å². The van der Waals surface area contributed by atoms with Crippen LogP contribution < -0.4 is 0 Å². The minimum absolute atomic E-state index is 0.770. The van der Waals surface area contributed by atoms with Crippen molar-refractivity contribution in [2.45, 2.75) is 38.5 Å². The van der Waals surface area contributed by atoms with E-state index >= 15 is 0 Å². The molecule has 1 aliphatic rings. The van der Waals surface area contributed by atoms with Crippen molar-refractivity contribution in [1.29, 1.82) is 0 Å². The maximum absolute atomic E-state index is 6.12. The molecule has 3 aromatic rings. The van der Waals surface area contributed by atoms with E-state index in [0.717, 1.165) is 43.1 Å². The molecule has 0 unspecified atom stereocenters. The van der Waals surface area contributed by atoms with Gasteiger partial charge in [0.05, 0.1) is 17.7 Å². The molecule has 0 aliphatic carbocycles. The minimum atomic E-state index is 0.770. The number of aromatic amines is 1. The van der Waals surface area contributed by atoms with Crippen LogP contribution in [0.2, 0.25) is 5.02 Å². The van der Waals surface area contributed by atoms with Crippen molar-refractivity contribution in [3.63, 3.8) is 0 Å². The third-order valence-electron chi connectivity index (χ3n) is 5.83. The number of rotatable bonds is 8. The maximum atomic E-state index is 6.12. The summed E-state index contributed by atoms with van der Waals surface area (Å²) in [6.45, 7) is 3.44. The van der Waals surface area contributed by atoms with E-state index in [1.807, 2.05) is 30.6 Å². The molecule has 30 heavy (non-hydrogen) atoms. The Kier molecular flexibility index (Phi) is 7.33. The number of aromatic nitrogens is 3. The molecule has 4 rings (SSSR count). The highest BCUT2D eigenvalue weighted by Gasteiger charge is 2.19. The number of likely N-dealkylation sites (tertiary alicyclic amines) is 1. The Balaban J connectivity index is 1.35. The first-order valence-electron chi connectivity index (χ1n) is 10.9. The number of H-pyrrole nitrogens is 1. The molecule has 1 aromatic carbocycles. The number of piperidine rings is 1. The topological polar surface area (TPSA) is 44.8 Å². The molecule has 0 saturated carbocycles. The van der Waals surface area contributed by atoms with E-state index in [0.29, 0.717) is 0 Å². The van der Waals surface area contributed by atoms with Gasteiger partial charge >= 0.3 is 0 Å². The lowest BCUT2D eigenvalue weighted by atomic mass is 9.90. The summed E-state index contributed by atoms with van der Waals surface area (Å²) < 4.78 is 0. The number of unbranched alkanes of at least 4 members (excludes halogenated alkanes) is 2. The fourth-order valence-electron chi connectivity index (χ4n) is 4.20. The van der Waals surface area contributed by atoms with Crippen LogP contribution in [0.1, 0.15) is 49.1 Å². The van der Waals surface area contributed by atoms with Crippen LogP contribution in [0.15, 0.2) is 66.8 Å². The lowest BCUT2D eigenvalue weighted by Crippen LogP contribution is -2.32. The van der Waals surface area contributed by atoms with Gasteiger partial charge in [0.2, 0.25) is 0 Å². The van der Waals surface area contributed by atoms with Crippen LogP contribution in [-0.2, 0) is 6.42 Å². The monoisotopic (exact) mass is 420 g/mol. The summed E-state index contributed by atoms with van der Waals surface area (Å²) in [5.74, 6) is 0. The molecule has 2 aromatic heterocycles. The van der Waals surface area contributed by atoms with Crippen molar-refractivity contribution in [2.75, 3.05) is 19.6 Å². The minimum Gasteiger partial charge on any atom is -0.351 e. The Hall–Kier alpha value is -2.43. The number of hydrogen-bond donors (Lipinski definition) is 1. The summed E-state index contributed by atoms with van der Waals surface area (Å²) in [5.41, 5.74) is 6.23. The van der Waals surface area contributed by atoms with Gasteiger partial charge in [-0.15, -0.1) is 0 Å². The zero-order chi connectivity index (χ0) is 20.6. The van der Waals surface area contributed by atoms with E-state index in [4.69, 9.17) is 11.6 Å². The molecule has 0 amide bonds. The molecule has 4 nitrogen and oxygen atoms in total. The van der Waals surface area contributed by atoms with Gasteiger partial charge < -0.3 is 9.88 Å². The van der Waals surface area contributed by atoms with Crippen molar-refractivity contribution in [1.82, 2.24) is 19.9 Å². The van der Waals surface area contributed by atoms with Gasteiger partial charge in [0.1, 0.15) is 0 Å². The van der Waals surface area contributed by atoms with Gasteiger partial charge in [-0.1, -0.05) is 41.8 Å². The molecule has 1 saturated heterocycles. The van der Waals surface area contributed by atoms with Crippen molar-refractivity contribution in [3.8, 4) is 0 Å². The highest BCUT2D eigenvalue weighted by atomic mass is 35.5. The second-order valence-corrected chi connectivity index (χ2v) is 8.35. The van der Waals surface area contributed by atoms with Crippen LogP contribution in [-0.4, -0.2) is 39.5 Å². The third kappa shape index (κ3) is 5.59. The summed E-state index contributed by atoms with van der Waals surface area (Å²) in [7, 11) is 0. The molecule has 1 aliphatic heterocycles. The van der Waals surface area contributed by atoms with E-state index < -0.39 is 0 Å². The van der Waals surface area contributed by atoms with Crippen LogP contribution in [0, 0.1) is 0 Å². The molecule has 156 valence electrons. The lowest BCUT2D eigenvalue weighted by molar-refractivity contribution is 0.251. The highest BCUT2D eigenvalue weighted by Crippen LogP contribution is 2.32. The predicted octanol–water partition coefficient (Wildman–Crippen LogP) is 5.77. The van der Waals surface area contributed by atoms with Crippen LogP contribution in [0.5, 0.6) is 0 Å². The Morgan fingerprint density at radius 1 is 0.967 bits per heavy atom. The SMILES string of the molecule is Clc1ccc(C(=C2CCN(CCCCCc3c[nH]cn3)CC2)c2ccccn2)cc1. The highest BCUT2D eigenvalue weighted by molar-refractivity contribution is 6.30. The summed E-state index contributed by atoms with van der Waals surface area (Å²) in [4.78, 5) is 14.6. The largest absolute Gasteiger partial charge is 0.351 e. The summed E-state index contributed by atoms with van der Waals surface area (Å²) in [6.07, 6.45) is 12.6. The summed E-state index contributed by atoms with van der Waals surface area (Å²) in [6, 6.07) is 14.3. The average molecular weight is 421 g/mol. The number of nitrogens with one attached hydrogen (secondary N) is 1. The van der Waals surface area contributed by atoms with Crippen molar-refractivity contribution < 1.29 is 0 Å². The molecule has 3 heterocycles. The molecular weight excluding hydrogens is 392 g/mol. The van der Waals surface area contributed by atoms with Gasteiger partial charge in [-0.3, -0.25) is 4.98 Å². The van der Waals surface area contributed by atoms with E-state index in [1.54, 1.807) is 6.33 Å². The zero-order valence-electron chi connectivity index (χ0n) is 17.4. The second-order valence-electron chi connectivity index (χ2n) is 7.91. The summed E-state index contributed by atoms with van der Waals surface area (Å²) >= 11 is 6.12. The van der Waals surface area contributed by atoms with E-state index in [-0.39, 0.29) is 0 Å². The van der Waals surface area contributed by atoms with Gasteiger partial charge in [0.25, 0.3) is 0 Å². The molecule has 1 N–H and O–H groups in total. The van der Waals surface area contributed by atoms with Gasteiger partial charge in [0, 0.05) is 36.1 Å². The number of aryl methyl sites for hydroxylation is 1. The van der Waals surface area contributed by atoms with Crippen LogP contribution in [0.25, 0.3) is 5.57 Å². The molecule has 0 atom stereocenters. The van der Waals surface area contributed by atoms with Crippen LogP contribution in [0.4, 0.5) is 0 Å². The van der Waals surface area contributed by atoms with Crippen molar-refractivity contribution in [2.24, 2.45) is 0 Å². The van der Waals surface area contributed by atoms with Crippen molar-refractivity contribution in [3.05, 3.63) is 88.7 Å². The smallest absolute Gasteiger partial charge is 0.0923 e. The van der Waals surface area contributed by atoms with Crippen LogP contribution in [0.3, 0.4) is 0 Å². The van der Waals surface area contributed by atoms with Crippen molar-refractivity contribution >= 4 is 17.2 Å². The lowest BCUT2D eigenvalue weighted by Gasteiger charge is -2.30. The quantitative estimate of drug-likeness (QED) is 0.470. The Labute approximate surface area is 184 Å². The van der Waals surface area contributed by atoms with Crippen LogP contribution >= 0.6 is 11.6 Å². The number of nitrogens with zero attached hydrogens (tertiary/aromatic N) is 3. The first kappa shape index (κ1) is 20.8. The van der Waals surface area contributed by atoms with Gasteiger partial charge in [-0.05, 0) is 68.5 Å². The maximum Gasteiger partial charge on any atom is 0.0923 e. The Morgan fingerprint density at radius 3 is 2.50 bits per heavy atom. The molecule has 1 fully saturated rings. The zero-order valence-corrected chi connectivity index (χ0v) is 18.1. The Bertz CT molecular complexity index is 923. The molecular formula is C25H29ClN4. The molecule has 0 radical (unpaired) electrons. The first-order valence-corrected chi connectivity index (χ1v) is 11.3. The van der Waals surface area contributed by atoms with E-state index in [2.05, 4.69) is 44.1 Å². The van der Waals surface area contributed by atoms with E-state index in [9.17, 15) is 0 Å². The number of imidazole rings is 1. The average Bonchev–Trinajstić information content (AvgIpc) is 3.30. The number of pyridine rings is 1. The van der Waals surface area contributed by atoms with Gasteiger partial charge in [-0.2, -0.15) is 0 Å². The first-order chi connectivity index (χ1) is 14.8. The Morgan fingerprint density at radius 2 is 1.80 bits per heavy atom. The fraction of sp³-hybridized carbons (Fsp3) is 0.360. The summed E-state index contributed by atoms with van der Waals surface area (Å²) in [5, 5.41) is 0.770. The third-order valence-corrected chi connectivity index (χ3v) is 6.08. The van der Waals surface area contributed by atoms with Gasteiger partial charge in [-0.25, -0.2) is 4.98 Å². The normalized spacial score (nSPS) is 14.8. The molecule has 5 heteroatoms. The fourth-order valence-corrected chi connectivity index (χ4v) is 4.33. The van der Waals surface area contributed by atoms with Gasteiger partial charge in [0.15, 0.2) is 0 Å². The number of benzene rings is 1. The standard InChI is InChI=1S/C25H29ClN4/c26-22-10-8-20(9-11-22)25(24-7-3-4-14-28-24)21-12-16-30(17-13-21)15-5-1-2-6-23-18-27-19-29-23/h3-4,7-11,14,18-19H,1-2,5-6,12-13,15-17H2,(H,27,29). The number of halogens is 1. The predicted molar refractivity (Wildman–Crippen MR) is 124 cm³/mol. The molecule has 0 bridgehead atoms.